The van der Waals surface area contributed by atoms with Crippen LogP contribution in [0.1, 0.15) is 22.3 Å². The van der Waals surface area contributed by atoms with Crippen LogP contribution < -0.4 is 34.7 Å². The molecular formula is C10H13NaO. The van der Waals surface area contributed by atoms with Crippen molar-refractivity contribution in [2.75, 3.05) is 0 Å². The van der Waals surface area contributed by atoms with Crippen molar-refractivity contribution in [3.8, 4) is 5.75 Å². The molecule has 0 aromatic heterocycles. The molecule has 0 unspecified atom stereocenters. The third-order valence-electron chi connectivity index (χ3n) is 2.43. The standard InChI is InChI=1S/C10H14O.Na/c1-6-5-10(11)9(4)8(3)7(6)2;/h5,11H,1-4H3;/q;+1/p-1. The summed E-state index contributed by atoms with van der Waals surface area (Å²) in [5.74, 6) is 0.158. The van der Waals surface area contributed by atoms with E-state index in [9.17, 15) is 5.11 Å². The second kappa shape index (κ2) is 4.31. The van der Waals surface area contributed by atoms with E-state index in [1.165, 1.54) is 5.56 Å². The van der Waals surface area contributed by atoms with Gasteiger partial charge in [-0.2, -0.15) is 0 Å². The minimum absolute atomic E-state index is 0. The number of rotatable bonds is 0. The smallest absolute Gasteiger partial charge is 0.872 e. The van der Waals surface area contributed by atoms with Crippen LogP contribution in [-0.4, -0.2) is 0 Å². The van der Waals surface area contributed by atoms with Crippen molar-refractivity contribution in [3.63, 3.8) is 0 Å². The van der Waals surface area contributed by atoms with Gasteiger partial charge in [-0.25, -0.2) is 0 Å². The first-order valence-electron chi connectivity index (χ1n) is 3.78. The summed E-state index contributed by atoms with van der Waals surface area (Å²) in [5, 5.41) is 11.2. The molecule has 0 heterocycles. The van der Waals surface area contributed by atoms with Gasteiger partial charge in [-0.1, -0.05) is 11.6 Å². The van der Waals surface area contributed by atoms with Crippen LogP contribution in [-0.2, 0) is 0 Å². The summed E-state index contributed by atoms with van der Waals surface area (Å²) in [7, 11) is 0. The van der Waals surface area contributed by atoms with E-state index in [-0.39, 0.29) is 35.3 Å². The predicted octanol–water partition coefficient (Wildman–Crippen LogP) is -1.00. The van der Waals surface area contributed by atoms with Crippen molar-refractivity contribution in [1.29, 1.82) is 0 Å². The molecule has 0 radical (unpaired) electrons. The average molecular weight is 172 g/mol. The van der Waals surface area contributed by atoms with E-state index >= 15 is 0 Å². The average Bonchev–Trinajstić information content (AvgIpc) is 1.97. The summed E-state index contributed by atoms with van der Waals surface area (Å²) in [6.45, 7) is 7.91. The Morgan fingerprint density at radius 2 is 1.42 bits per heavy atom. The van der Waals surface area contributed by atoms with Crippen LogP contribution in [0.5, 0.6) is 5.75 Å². The number of aryl methyl sites for hydroxylation is 1. The van der Waals surface area contributed by atoms with Gasteiger partial charge in [-0.05, 0) is 44.4 Å². The molecule has 12 heavy (non-hydrogen) atoms. The van der Waals surface area contributed by atoms with Gasteiger partial charge in [0.25, 0.3) is 0 Å². The van der Waals surface area contributed by atoms with E-state index in [1.54, 1.807) is 6.07 Å². The molecular weight excluding hydrogens is 159 g/mol. The SMILES string of the molecule is Cc1cc([O-])c(C)c(C)c1C.[Na+]. The van der Waals surface area contributed by atoms with E-state index < -0.39 is 0 Å². The first-order valence-corrected chi connectivity index (χ1v) is 3.78. The second-order valence-electron chi connectivity index (χ2n) is 3.07. The second-order valence-corrected chi connectivity index (χ2v) is 3.07. The zero-order valence-electron chi connectivity index (χ0n) is 8.49. The fourth-order valence-electron chi connectivity index (χ4n) is 1.17. The third-order valence-corrected chi connectivity index (χ3v) is 2.43. The molecule has 0 aliphatic heterocycles. The van der Waals surface area contributed by atoms with Crippen molar-refractivity contribution in [1.82, 2.24) is 0 Å². The van der Waals surface area contributed by atoms with E-state index in [2.05, 4.69) is 6.92 Å². The predicted molar refractivity (Wildman–Crippen MR) is 44.8 cm³/mol. The minimum atomic E-state index is 0. The van der Waals surface area contributed by atoms with Crippen LogP contribution in [0.2, 0.25) is 0 Å². The molecule has 0 fully saturated rings. The van der Waals surface area contributed by atoms with Gasteiger partial charge in [-0.15, -0.1) is 5.75 Å². The Balaban J connectivity index is 0.00000121. The first-order chi connectivity index (χ1) is 5.04. The maximum Gasteiger partial charge on any atom is 1.00 e. The summed E-state index contributed by atoms with van der Waals surface area (Å²) in [6, 6.07) is 1.71. The molecule has 0 spiro atoms. The molecule has 1 nitrogen and oxygen atoms in total. The van der Waals surface area contributed by atoms with Crippen molar-refractivity contribution in [3.05, 3.63) is 28.3 Å². The van der Waals surface area contributed by atoms with Crippen molar-refractivity contribution < 1.29 is 34.7 Å². The monoisotopic (exact) mass is 172 g/mol. The summed E-state index contributed by atoms with van der Waals surface area (Å²) >= 11 is 0. The Bertz CT molecular complexity index is 266. The minimum Gasteiger partial charge on any atom is -0.872 e. The van der Waals surface area contributed by atoms with Crippen molar-refractivity contribution >= 4 is 0 Å². The molecule has 0 atom stereocenters. The summed E-state index contributed by atoms with van der Waals surface area (Å²) in [4.78, 5) is 0. The maximum absolute atomic E-state index is 11.2. The normalized spacial score (nSPS) is 9.33. The molecule has 1 aromatic carbocycles. The summed E-state index contributed by atoms with van der Waals surface area (Å²) in [6.07, 6.45) is 0. The maximum atomic E-state index is 11.2. The Morgan fingerprint density at radius 1 is 0.917 bits per heavy atom. The Hall–Kier alpha value is 0.0200. The van der Waals surface area contributed by atoms with Crippen LogP contribution in [0.15, 0.2) is 6.07 Å². The van der Waals surface area contributed by atoms with Crippen LogP contribution in [0, 0.1) is 27.7 Å². The molecule has 0 aliphatic rings. The zero-order chi connectivity index (χ0) is 8.59. The first kappa shape index (κ1) is 12.0. The Labute approximate surface area is 96.1 Å². The van der Waals surface area contributed by atoms with Gasteiger partial charge in [0.1, 0.15) is 0 Å². The molecule has 1 rings (SSSR count). The number of benzene rings is 1. The van der Waals surface area contributed by atoms with Gasteiger partial charge >= 0.3 is 29.6 Å². The van der Waals surface area contributed by atoms with E-state index in [0.717, 1.165) is 16.7 Å². The molecule has 1 aromatic rings. The largest absolute Gasteiger partial charge is 1.00 e. The number of hydrogen-bond donors (Lipinski definition) is 0. The van der Waals surface area contributed by atoms with Crippen LogP contribution in [0.25, 0.3) is 0 Å². The molecule has 0 aliphatic carbocycles. The topological polar surface area (TPSA) is 23.1 Å². The quantitative estimate of drug-likeness (QED) is 0.460. The zero-order valence-corrected chi connectivity index (χ0v) is 10.5. The molecule has 60 valence electrons. The number of hydrogen-bond acceptors (Lipinski definition) is 1. The van der Waals surface area contributed by atoms with Crippen LogP contribution in [0.3, 0.4) is 0 Å². The summed E-state index contributed by atoms with van der Waals surface area (Å²) in [5.41, 5.74) is 4.35. The Morgan fingerprint density at radius 3 is 1.92 bits per heavy atom. The Kier molecular flexibility index (Phi) is 4.32. The molecule has 2 heteroatoms. The van der Waals surface area contributed by atoms with E-state index in [0.29, 0.717) is 0 Å². The van der Waals surface area contributed by atoms with Crippen LogP contribution in [0.4, 0.5) is 0 Å². The summed E-state index contributed by atoms with van der Waals surface area (Å²) < 4.78 is 0. The van der Waals surface area contributed by atoms with Crippen molar-refractivity contribution in [2.24, 2.45) is 0 Å². The molecule has 0 amide bonds. The van der Waals surface area contributed by atoms with Gasteiger partial charge < -0.3 is 5.11 Å². The van der Waals surface area contributed by atoms with Gasteiger partial charge in [0.05, 0.1) is 0 Å². The molecule has 0 saturated heterocycles. The van der Waals surface area contributed by atoms with Gasteiger partial charge in [-0.3, -0.25) is 0 Å². The third kappa shape index (κ3) is 2.03. The van der Waals surface area contributed by atoms with Gasteiger partial charge in [0.2, 0.25) is 0 Å². The molecule has 0 N–H and O–H groups in total. The van der Waals surface area contributed by atoms with Gasteiger partial charge in [0.15, 0.2) is 0 Å². The van der Waals surface area contributed by atoms with Crippen molar-refractivity contribution in [2.45, 2.75) is 27.7 Å². The van der Waals surface area contributed by atoms with E-state index in [1.807, 2.05) is 20.8 Å². The van der Waals surface area contributed by atoms with Crippen LogP contribution >= 0.6 is 0 Å². The van der Waals surface area contributed by atoms with E-state index in [4.69, 9.17) is 0 Å². The fraction of sp³-hybridized carbons (Fsp3) is 0.400. The molecule has 0 saturated carbocycles. The molecule has 0 bridgehead atoms. The van der Waals surface area contributed by atoms with Gasteiger partial charge in [0, 0.05) is 0 Å². The fourth-order valence-corrected chi connectivity index (χ4v) is 1.17.